The zero-order valence-corrected chi connectivity index (χ0v) is 13.6. The summed E-state index contributed by atoms with van der Waals surface area (Å²) in [5.41, 5.74) is 1.28. The molecule has 108 valence electrons. The monoisotopic (exact) mass is 329 g/mol. The van der Waals surface area contributed by atoms with Gasteiger partial charge in [0.2, 0.25) is 0 Å². The van der Waals surface area contributed by atoms with E-state index in [2.05, 4.69) is 40.3 Å². The Morgan fingerprint density at radius 1 is 1.32 bits per heavy atom. The van der Waals surface area contributed by atoms with Crippen molar-refractivity contribution in [3.05, 3.63) is 28.2 Å². The summed E-state index contributed by atoms with van der Waals surface area (Å²) in [4.78, 5) is 0. The topological polar surface area (TPSA) is 30.5 Å². The van der Waals surface area contributed by atoms with Crippen LogP contribution in [-0.4, -0.2) is 32.9 Å². The van der Waals surface area contributed by atoms with Gasteiger partial charge in [0.1, 0.15) is 5.75 Å². The van der Waals surface area contributed by atoms with Gasteiger partial charge in [0.05, 0.1) is 18.2 Å². The van der Waals surface area contributed by atoms with Gasteiger partial charge < -0.3 is 14.8 Å². The molecule has 1 aromatic carbocycles. The van der Waals surface area contributed by atoms with E-state index >= 15 is 0 Å². The Bertz CT molecular complexity index is 363. The number of benzene rings is 1. The maximum Gasteiger partial charge on any atom is 0.133 e. The van der Waals surface area contributed by atoms with E-state index in [1.807, 2.05) is 13.0 Å². The normalized spacial score (nSPS) is 12.4. The highest BCUT2D eigenvalue weighted by molar-refractivity contribution is 9.10. The molecule has 0 aromatic heterocycles. The number of ether oxygens (including phenoxy) is 2. The smallest absolute Gasteiger partial charge is 0.133 e. The molecule has 1 unspecified atom stereocenters. The molecule has 0 aliphatic rings. The summed E-state index contributed by atoms with van der Waals surface area (Å²) < 4.78 is 11.8. The van der Waals surface area contributed by atoms with E-state index in [1.165, 1.54) is 5.56 Å². The lowest BCUT2D eigenvalue weighted by Gasteiger charge is -2.19. The molecule has 0 amide bonds. The molecular weight excluding hydrogens is 306 g/mol. The van der Waals surface area contributed by atoms with Gasteiger partial charge in [-0.15, -0.1) is 0 Å². The van der Waals surface area contributed by atoms with Crippen molar-refractivity contribution < 1.29 is 9.47 Å². The average molecular weight is 330 g/mol. The molecule has 1 N–H and O–H groups in total. The Labute approximate surface area is 124 Å². The summed E-state index contributed by atoms with van der Waals surface area (Å²) in [6, 6.07) is 6.58. The molecule has 1 aromatic rings. The molecule has 0 saturated heterocycles. The van der Waals surface area contributed by atoms with Crippen LogP contribution in [0.3, 0.4) is 0 Å². The first-order chi connectivity index (χ1) is 9.21. The first-order valence-electron chi connectivity index (χ1n) is 6.84. The number of rotatable bonds is 9. The van der Waals surface area contributed by atoms with Crippen molar-refractivity contribution in [2.45, 2.75) is 32.7 Å². The molecule has 0 aliphatic carbocycles. The van der Waals surface area contributed by atoms with Crippen molar-refractivity contribution in [2.75, 3.05) is 26.9 Å². The number of halogens is 1. The van der Waals surface area contributed by atoms with Crippen LogP contribution in [0.5, 0.6) is 5.75 Å². The second kappa shape index (κ2) is 9.34. The van der Waals surface area contributed by atoms with E-state index in [-0.39, 0.29) is 0 Å². The lowest BCUT2D eigenvalue weighted by molar-refractivity contribution is 0.122. The Morgan fingerprint density at radius 3 is 2.68 bits per heavy atom. The van der Waals surface area contributed by atoms with Crippen LogP contribution in [0.2, 0.25) is 0 Å². The standard InChI is InChI=1S/C15H24BrNO2/c1-4-8-17-13(11-19-5-2)9-12-6-7-15(18-3)14(16)10-12/h6-7,10,13,17H,4-5,8-9,11H2,1-3H3. The molecule has 0 aliphatic heterocycles. The van der Waals surface area contributed by atoms with Crippen molar-refractivity contribution in [3.8, 4) is 5.75 Å². The molecule has 0 bridgehead atoms. The zero-order valence-electron chi connectivity index (χ0n) is 12.0. The van der Waals surface area contributed by atoms with Crippen LogP contribution in [0, 0.1) is 0 Å². The summed E-state index contributed by atoms with van der Waals surface area (Å²) in [5, 5.41) is 3.53. The van der Waals surface area contributed by atoms with Crippen LogP contribution in [0.15, 0.2) is 22.7 Å². The maximum absolute atomic E-state index is 5.54. The second-order valence-electron chi connectivity index (χ2n) is 4.48. The minimum atomic E-state index is 0.361. The lowest BCUT2D eigenvalue weighted by atomic mass is 10.1. The summed E-state index contributed by atoms with van der Waals surface area (Å²) in [6.45, 7) is 6.74. The summed E-state index contributed by atoms with van der Waals surface area (Å²) >= 11 is 3.53. The van der Waals surface area contributed by atoms with Gasteiger partial charge in [0, 0.05) is 12.6 Å². The summed E-state index contributed by atoms with van der Waals surface area (Å²) in [6.07, 6.45) is 2.09. The first-order valence-corrected chi connectivity index (χ1v) is 7.64. The quantitative estimate of drug-likeness (QED) is 0.753. The molecule has 0 heterocycles. The van der Waals surface area contributed by atoms with Gasteiger partial charge in [-0.1, -0.05) is 13.0 Å². The van der Waals surface area contributed by atoms with Crippen molar-refractivity contribution in [2.24, 2.45) is 0 Å². The van der Waals surface area contributed by atoms with Gasteiger partial charge in [-0.2, -0.15) is 0 Å². The van der Waals surface area contributed by atoms with Gasteiger partial charge >= 0.3 is 0 Å². The molecule has 0 fully saturated rings. The van der Waals surface area contributed by atoms with Crippen LogP contribution in [-0.2, 0) is 11.2 Å². The summed E-state index contributed by atoms with van der Waals surface area (Å²) in [5.74, 6) is 0.867. The fourth-order valence-corrected chi connectivity index (χ4v) is 2.51. The third kappa shape index (κ3) is 5.93. The highest BCUT2D eigenvalue weighted by atomic mass is 79.9. The third-order valence-electron chi connectivity index (χ3n) is 2.90. The van der Waals surface area contributed by atoms with Crippen molar-refractivity contribution in [1.29, 1.82) is 0 Å². The summed E-state index contributed by atoms with van der Waals surface area (Å²) in [7, 11) is 1.68. The Kier molecular flexibility index (Phi) is 8.10. The highest BCUT2D eigenvalue weighted by Crippen LogP contribution is 2.26. The molecule has 4 heteroatoms. The number of hydrogen-bond acceptors (Lipinski definition) is 3. The van der Waals surface area contributed by atoms with Gasteiger partial charge in [-0.25, -0.2) is 0 Å². The van der Waals surface area contributed by atoms with Gasteiger partial charge in [0.25, 0.3) is 0 Å². The third-order valence-corrected chi connectivity index (χ3v) is 3.52. The van der Waals surface area contributed by atoms with Gasteiger partial charge in [-0.3, -0.25) is 0 Å². The van der Waals surface area contributed by atoms with E-state index in [9.17, 15) is 0 Å². The van der Waals surface area contributed by atoms with Crippen LogP contribution >= 0.6 is 15.9 Å². The minimum absolute atomic E-state index is 0.361. The van der Waals surface area contributed by atoms with Crippen LogP contribution in [0.25, 0.3) is 0 Å². The van der Waals surface area contributed by atoms with Gasteiger partial charge in [-0.05, 0) is 59.9 Å². The average Bonchev–Trinajstić information content (AvgIpc) is 2.42. The number of nitrogens with one attached hydrogen (secondary N) is 1. The lowest BCUT2D eigenvalue weighted by Crippen LogP contribution is -2.36. The molecular formula is C15H24BrNO2. The van der Waals surface area contributed by atoms with E-state index in [0.717, 1.165) is 42.8 Å². The fraction of sp³-hybridized carbons (Fsp3) is 0.600. The largest absolute Gasteiger partial charge is 0.496 e. The first kappa shape index (κ1) is 16.5. The number of hydrogen-bond donors (Lipinski definition) is 1. The zero-order chi connectivity index (χ0) is 14.1. The van der Waals surface area contributed by atoms with Crippen molar-refractivity contribution in [1.82, 2.24) is 5.32 Å². The highest BCUT2D eigenvalue weighted by Gasteiger charge is 2.10. The number of methoxy groups -OCH3 is 1. The maximum atomic E-state index is 5.54. The van der Waals surface area contributed by atoms with E-state index in [0.29, 0.717) is 6.04 Å². The van der Waals surface area contributed by atoms with Crippen molar-refractivity contribution >= 4 is 15.9 Å². The van der Waals surface area contributed by atoms with Crippen molar-refractivity contribution in [3.63, 3.8) is 0 Å². The molecule has 3 nitrogen and oxygen atoms in total. The predicted molar refractivity (Wildman–Crippen MR) is 83.0 cm³/mol. The molecule has 0 spiro atoms. The molecule has 1 rings (SSSR count). The Morgan fingerprint density at radius 2 is 2.11 bits per heavy atom. The molecule has 0 radical (unpaired) electrons. The van der Waals surface area contributed by atoms with Crippen LogP contribution in [0.1, 0.15) is 25.8 Å². The SMILES string of the molecule is CCCNC(COCC)Cc1ccc(OC)c(Br)c1. The molecule has 0 saturated carbocycles. The fourth-order valence-electron chi connectivity index (χ4n) is 1.92. The van der Waals surface area contributed by atoms with E-state index < -0.39 is 0 Å². The Balaban J connectivity index is 2.63. The Hall–Kier alpha value is -0.580. The second-order valence-corrected chi connectivity index (χ2v) is 5.34. The van der Waals surface area contributed by atoms with E-state index in [1.54, 1.807) is 7.11 Å². The predicted octanol–water partition coefficient (Wildman–Crippen LogP) is 3.40. The van der Waals surface area contributed by atoms with Crippen LogP contribution < -0.4 is 10.1 Å². The minimum Gasteiger partial charge on any atom is -0.496 e. The van der Waals surface area contributed by atoms with E-state index in [4.69, 9.17) is 9.47 Å². The van der Waals surface area contributed by atoms with Crippen LogP contribution in [0.4, 0.5) is 0 Å². The van der Waals surface area contributed by atoms with Gasteiger partial charge in [0.15, 0.2) is 0 Å². The molecule has 1 atom stereocenters. The molecule has 19 heavy (non-hydrogen) atoms.